The van der Waals surface area contributed by atoms with Crippen LogP contribution in [0, 0.1) is 0 Å². The van der Waals surface area contributed by atoms with Crippen LogP contribution in [0.1, 0.15) is 24.8 Å². The molecule has 2 nitrogen and oxygen atoms in total. The number of carbonyl (C=O) groups is 1. The number of rotatable bonds is 2. The largest absolute Gasteiger partial charge is 0.371 e. The van der Waals surface area contributed by atoms with Gasteiger partial charge in [-0.25, -0.2) is 0 Å². The maximum absolute atomic E-state index is 11.7. The minimum atomic E-state index is 0.305. The summed E-state index contributed by atoms with van der Waals surface area (Å²) in [5, 5.41) is 0. The Bertz CT molecular complexity index is 449. The summed E-state index contributed by atoms with van der Waals surface area (Å²) in [4.78, 5) is 14.1. The molecule has 0 radical (unpaired) electrons. The number of benzene rings is 1. The average molecular weight is 227 g/mol. The lowest BCUT2D eigenvalue weighted by Crippen LogP contribution is -2.35. The Balaban J connectivity index is 1.83. The Kier molecular flexibility index (Phi) is 2.71. The van der Waals surface area contributed by atoms with Crippen molar-refractivity contribution in [3.8, 4) is 0 Å². The quantitative estimate of drug-likeness (QED) is 0.774. The molecule has 0 saturated carbocycles. The van der Waals surface area contributed by atoms with Gasteiger partial charge in [-0.3, -0.25) is 4.79 Å². The predicted octanol–water partition coefficient (Wildman–Crippen LogP) is 2.55. The van der Waals surface area contributed by atoms with Crippen molar-refractivity contribution in [2.75, 3.05) is 6.54 Å². The van der Waals surface area contributed by atoms with Crippen molar-refractivity contribution in [2.45, 2.75) is 31.7 Å². The van der Waals surface area contributed by atoms with E-state index in [1.807, 2.05) is 12.1 Å². The summed E-state index contributed by atoms with van der Waals surface area (Å²) in [5.41, 5.74) is 2.51. The molecule has 2 heterocycles. The topological polar surface area (TPSA) is 20.3 Å². The van der Waals surface area contributed by atoms with E-state index in [1.54, 1.807) is 0 Å². The second-order valence-corrected chi connectivity index (χ2v) is 4.96. The molecule has 2 aliphatic heterocycles. The first-order valence-electron chi connectivity index (χ1n) is 6.37. The van der Waals surface area contributed by atoms with Gasteiger partial charge in [0.15, 0.2) is 5.78 Å². The normalized spacial score (nSPS) is 23.5. The minimum absolute atomic E-state index is 0.305. The van der Waals surface area contributed by atoms with Crippen LogP contribution in [0.5, 0.6) is 0 Å². The predicted molar refractivity (Wildman–Crippen MR) is 67.6 cm³/mol. The number of fused-ring (bicyclic) bond motifs is 1. The van der Waals surface area contributed by atoms with Gasteiger partial charge in [0.2, 0.25) is 0 Å². The van der Waals surface area contributed by atoms with Crippen LogP contribution >= 0.6 is 0 Å². The number of carbonyl (C=O) groups excluding carboxylic acids is 1. The number of allylic oxidation sites excluding steroid dienone is 2. The highest BCUT2D eigenvalue weighted by Crippen LogP contribution is 2.30. The summed E-state index contributed by atoms with van der Waals surface area (Å²) < 4.78 is 0. The van der Waals surface area contributed by atoms with Crippen molar-refractivity contribution >= 4 is 5.78 Å². The fourth-order valence-corrected chi connectivity index (χ4v) is 2.94. The fourth-order valence-electron chi connectivity index (χ4n) is 2.94. The van der Waals surface area contributed by atoms with E-state index in [9.17, 15) is 4.79 Å². The third kappa shape index (κ3) is 2.12. The van der Waals surface area contributed by atoms with Crippen LogP contribution in [-0.2, 0) is 11.2 Å². The van der Waals surface area contributed by atoms with E-state index < -0.39 is 0 Å². The molecule has 1 aromatic rings. The number of hydrogen-bond acceptors (Lipinski definition) is 2. The Morgan fingerprint density at radius 2 is 2.06 bits per heavy atom. The van der Waals surface area contributed by atoms with Gasteiger partial charge in [-0.05, 0) is 18.4 Å². The molecule has 1 atom stereocenters. The lowest BCUT2D eigenvalue weighted by atomic mass is 9.99. The molecule has 17 heavy (non-hydrogen) atoms. The van der Waals surface area contributed by atoms with E-state index in [-0.39, 0.29) is 0 Å². The SMILES string of the molecule is O=C1C=C(Cc2ccccc2)N2CCC[C@@H]2C1. The molecule has 0 unspecified atom stereocenters. The smallest absolute Gasteiger partial charge is 0.159 e. The molecule has 3 rings (SSSR count). The highest BCUT2D eigenvalue weighted by atomic mass is 16.1. The Hall–Kier alpha value is -1.57. The fraction of sp³-hybridized carbons (Fsp3) is 0.400. The van der Waals surface area contributed by atoms with Crippen molar-refractivity contribution in [3.05, 3.63) is 47.7 Å². The Morgan fingerprint density at radius 1 is 1.24 bits per heavy atom. The molecule has 0 amide bonds. The molecule has 0 aromatic heterocycles. The van der Waals surface area contributed by atoms with Crippen LogP contribution in [0.3, 0.4) is 0 Å². The Labute approximate surface area is 102 Å². The van der Waals surface area contributed by atoms with Crippen LogP contribution < -0.4 is 0 Å². The molecule has 0 spiro atoms. The molecular formula is C15H17NO. The molecule has 88 valence electrons. The third-order valence-corrected chi connectivity index (χ3v) is 3.74. The van der Waals surface area contributed by atoms with Gasteiger partial charge in [0.1, 0.15) is 0 Å². The van der Waals surface area contributed by atoms with Crippen LogP contribution in [-0.4, -0.2) is 23.3 Å². The second-order valence-electron chi connectivity index (χ2n) is 4.96. The van der Waals surface area contributed by atoms with Gasteiger partial charge in [-0.15, -0.1) is 0 Å². The maximum atomic E-state index is 11.7. The Morgan fingerprint density at radius 3 is 2.88 bits per heavy atom. The van der Waals surface area contributed by atoms with Crippen LogP contribution in [0.2, 0.25) is 0 Å². The van der Waals surface area contributed by atoms with E-state index >= 15 is 0 Å². The summed E-state index contributed by atoms with van der Waals surface area (Å²) >= 11 is 0. The molecular weight excluding hydrogens is 210 g/mol. The van der Waals surface area contributed by atoms with E-state index in [0.29, 0.717) is 11.8 Å². The van der Waals surface area contributed by atoms with Gasteiger partial charge in [0.05, 0.1) is 0 Å². The average Bonchev–Trinajstić information content (AvgIpc) is 2.78. The van der Waals surface area contributed by atoms with Gasteiger partial charge in [-0.2, -0.15) is 0 Å². The lowest BCUT2D eigenvalue weighted by molar-refractivity contribution is -0.116. The number of nitrogens with zero attached hydrogens (tertiary/aromatic N) is 1. The molecule has 0 aliphatic carbocycles. The summed E-state index contributed by atoms with van der Waals surface area (Å²) in [7, 11) is 0. The van der Waals surface area contributed by atoms with Crippen molar-refractivity contribution in [2.24, 2.45) is 0 Å². The van der Waals surface area contributed by atoms with Crippen molar-refractivity contribution in [1.29, 1.82) is 0 Å². The summed E-state index contributed by atoms with van der Waals surface area (Å²) in [6, 6.07) is 10.9. The third-order valence-electron chi connectivity index (χ3n) is 3.74. The molecule has 2 aliphatic rings. The highest BCUT2D eigenvalue weighted by Gasteiger charge is 2.31. The zero-order valence-electron chi connectivity index (χ0n) is 9.93. The molecule has 0 N–H and O–H groups in total. The number of ketones is 1. The lowest BCUT2D eigenvalue weighted by Gasteiger charge is -2.32. The molecule has 1 fully saturated rings. The van der Waals surface area contributed by atoms with E-state index in [2.05, 4.69) is 29.2 Å². The van der Waals surface area contributed by atoms with Crippen molar-refractivity contribution in [3.63, 3.8) is 0 Å². The van der Waals surface area contributed by atoms with Crippen molar-refractivity contribution in [1.82, 2.24) is 4.90 Å². The van der Waals surface area contributed by atoms with E-state index in [1.165, 1.54) is 24.1 Å². The molecule has 0 bridgehead atoms. The first kappa shape index (κ1) is 10.6. The van der Waals surface area contributed by atoms with Gasteiger partial charge in [0.25, 0.3) is 0 Å². The highest BCUT2D eigenvalue weighted by molar-refractivity contribution is 5.91. The minimum Gasteiger partial charge on any atom is -0.371 e. The van der Waals surface area contributed by atoms with Crippen LogP contribution in [0.4, 0.5) is 0 Å². The molecule has 1 aromatic carbocycles. The summed E-state index contributed by atoms with van der Waals surface area (Å²) in [5.74, 6) is 0.305. The van der Waals surface area contributed by atoms with Gasteiger partial charge in [0, 0.05) is 37.2 Å². The first-order chi connectivity index (χ1) is 8.33. The van der Waals surface area contributed by atoms with E-state index in [4.69, 9.17) is 0 Å². The summed E-state index contributed by atoms with van der Waals surface area (Å²) in [6.07, 6.45) is 5.87. The molecule has 2 heteroatoms. The summed E-state index contributed by atoms with van der Waals surface area (Å²) in [6.45, 7) is 1.12. The maximum Gasteiger partial charge on any atom is 0.159 e. The van der Waals surface area contributed by atoms with E-state index in [0.717, 1.165) is 19.4 Å². The van der Waals surface area contributed by atoms with Gasteiger partial charge < -0.3 is 4.90 Å². The monoisotopic (exact) mass is 227 g/mol. The van der Waals surface area contributed by atoms with Crippen molar-refractivity contribution < 1.29 is 4.79 Å². The number of hydrogen-bond donors (Lipinski definition) is 0. The standard InChI is InChI=1S/C15H17NO/c17-15-10-13-7-4-8-16(13)14(11-15)9-12-5-2-1-3-6-12/h1-3,5-6,11,13H,4,7-10H2/t13-/m1/s1. The van der Waals surface area contributed by atoms with Crippen LogP contribution in [0.15, 0.2) is 42.1 Å². The van der Waals surface area contributed by atoms with Crippen LogP contribution in [0.25, 0.3) is 0 Å². The molecule has 1 saturated heterocycles. The zero-order chi connectivity index (χ0) is 11.7. The van der Waals surface area contributed by atoms with Gasteiger partial charge in [-0.1, -0.05) is 30.3 Å². The van der Waals surface area contributed by atoms with Gasteiger partial charge >= 0.3 is 0 Å². The first-order valence-corrected chi connectivity index (χ1v) is 6.37. The second kappa shape index (κ2) is 4.36. The zero-order valence-corrected chi connectivity index (χ0v) is 9.93.